The third-order valence-electron chi connectivity index (χ3n) is 2.67. The van der Waals surface area contributed by atoms with Crippen LogP contribution in [0.3, 0.4) is 0 Å². The van der Waals surface area contributed by atoms with Gasteiger partial charge in [0, 0.05) is 24.4 Å². The number of esters is 1. The molecule has 6 nitrogen and oxygen atoms in total. The van der Waals surface area contributed by atoms with Crippen LogP contribution in [0.25, 0.3) is 11.3 Å². The molecule has 0 spiro atoms. The van der Waals surface area contributed by atoms with Crippen LogP contribution in [0.4, 0.5) is 0 Å². The van der Waals surface area contributed by atoms with E-state index in [1.54, 1.807) is 19.1 Å². The van der Waals surface area contributed by atoms with Crippen molar-refractivity contribution < 1.29 is 19.0 Å². The van der Waals surface area contributed by atoms with Gasteiger partial charge in [-0.2, -0.15) is 4.73 Å². The van der Waals surface area contributed by atoms with E-state index in [1.165, 1.54) is 31.6 Å². The summed E-state index contributed by atoms with van der Waals surface area (Å²) in [6, 6.07) is 6.25. The topological polar surface area (TPSA) is 75.4 Å². The van der Waals surface area contributed by atoms with Gasteiger partial charge in [0.25, 0.3) is 0 Å². The molecule has 2 aromatic rings. The molecule has 0 fully saturated rings. The molecule has 0 amide bonds. The van der Waals surface area contributed by atoms with Gasteiger partial charge in [-0.3, -0.25) is 0 Å². The Bertz CT molecular complexity index is 611. The van der Waals surface area contributed by atoms with Crippen LogP contribution in [-0.2, 0) is 4.74 Å². The maximum Gasteiger partial charge on any atom is 0.338 e. The number of carbonyl (C=O) groups is 1. The van der Waals surface area contributed by atoms with E-state index in [-0.39, 0.29) is 6.61 Å². The standard InChI is InChI=1S/C14H14N2O4/c1-3-20-14(17)10-6-7-16(18)12(8-10)11-4-5-13(19-2)15-9-11/h4-9H,3H2,1-2H3. The minimum atomic E-state index is -0.462. The van der Waals surface area contributed by atoms with Crippen LogP contribution in [0, 0.1) is 5.21 Å². The van der Waals surface area contributed by atoms with Crippen molar-refractivity contribution in [2.24, 2.45) is 0 Å². The van der Waals surface area contributed by atoms with Crippen molar-refractivity contribution in [3.05, 3.63) is 47.4 Å². The fraction of sp³-hybridized carbons (Fsp3) is 0.214. The van der Waals surface area contributed by atoms with Crippen LogP contribution in [0.1, 0.15) is 17.3 Å². The van der Waals surface area contributed by atoms with Crippen LogP contribution in [0.2, 0.25) is 0 Å². The first-order valence-electron chi connectivity index (χ1n) is 6.06. The fourth-order valence-corrected chi connectivity index (χ4v) is 1.69. The molecule has 0 saturated carbocycles. The third-order valence-corrected chi connectivity index (χ3v) is 2.67. The third kappa shape index (κ3) is 2.85. The van der Waals surface area contributed by atoms with Crippen molar-refractivity contribution in [3.8, 4) is 17.1 Å². The van der Waals surface area contributed by atoms with Crippen molar-refractivity contribution in [3.63, 3.8) is 0 Å². The van der Waals surface area contributed by atoms with E-state index >= 15 is 0 Å². The molecule has 2 heterocycles. The van der Waals surface area contributed by atoms with E-state index in [2.05, 4.69) is 4.98 Å². The van der Waals surface area contributed by atoms with Gasteiger partial charge >= 0.3 is 5.97 Å². The first-order chi connectivity index (χ1) is 9.65. The Balaban J connectivity index is 2.39. The number of ether oxygens (including phenoxy) is 2. The Kier molecular flexibility index (Phi) is 4.14. The lowest BCUT2D eigenvalue weighted by Gasteiger charge is -2.07. The molecule has 0 aromatic carbocycles. The molecular formula is C14H14N2O4. The van der Waals surface area contributed by atoms with Crippen LogP contribution in [-0.4, -0.2) is 24.7 Å². The van der Waals surface area contributed by atoms with Gasteiger partial charge < -0.3 is 14.7 Å². The Morgan fingerprint density at radius 2 is 2.20 bits per heavy atom. The van der Waals surface area contributed by atoms with E-state index < -0.39 is 5.97 Å². The van der Waals surface area contributed by atoms with Gasteiger partial charge in [-0.15, -0.1) is 0 Å². The Labute approximate surface area is 116 Å². The predicted molar refractivity (Wildman–Crippen MR) is 71.1 cm³/mol. The van der Waals surface area contributed by atoms with Crippen molar-refractivity contribution in [1.29, 1.82) is 0 Å². The number of aromatic nitrogens is 2. The largest absolute Gasteiger partial charge is 0.618 e. The number of hydrogen-bond acceptors (Lipinski definition) is 5. The SMILES string of the molecule is CCOC(=O)c1cc[n+]([O-])c(-c2ccc(OC)nc2)c1. The molecule has 6 heteroatoms. The number of hydrogen-bond donors (Lipinski definition) is 0. The highest BCUT2D eigenvalue weighted by molar-refractivity contribution is 5.90. The summed E-state index contributed by atoms with van der Waals surface area (Å²) in [4.78, 5) is 15.7. The summed E-state index contributed by atoms with van der Waals surface area (Å²) in [5.74, 6) is -0.0106. The zero-order valence-corrected chi connectivity index (χ0v) is 11.2. The lowest BCUT2D eigenvalue weighted by molar-refractivity contribution is -0.593. The first kappa shape index (κ1) is 13.8. The minimum absolute atomic E-state index is 0.282. The van der Waals surface area contributed by atoms with E-state index in [4.69, 9.17) is 9.47 Å². The highest BCUT2D eigenvalue weighted by atomic mass is 16.5. The lowest BCUT2D eigenvalue weighted by Crippen LogP contribution is -2.29. The molecule has 20 heavy (non-hydrogen) atoms. The normalized spacial score (nSPS) is 10.1. The zero-order chi connectivity index (χ0) is 14.5. The Morgan fingerprint density at radius 1 is 1.40 bits per heavy atom. The summed E-state index contributed by atoms with van der Waals surface area (Å²) in [5, 5.41) is 11.8. The fourth-order valence-electron chi connectivity index (χ4n) is 1.69. The molecule has 0 atom stereocenters. The average Bonchev–Trinajstić information content (AvgIpc) is 2.48. The Morgan fingerprint density at radius 3 is 2.80 bits per heavy atom. The number of methoxy groups -OCH3 is 1. The van der Waals surface area contributed by atoms with Crippen molar-refractivity contribution in [1.82, 2.24) is 4.98 Å². The van der Waals surface area contributed by atoms with E-state index in [0.29, 0.717) is 27.4 Å². The number of pyridine rings is 2. The molecule has 0 bridgehead atoms. The molecule has 0 radical (unpaired) electrons. The van der Waals surface area contributed by atoms with Crippen LogP contribution >= 0.6 is 0 Å². The Hall–Kier alpha value is -2.63. The molecule has 2 rings (SSSR count). The van der Waals surface area contributed by atoms with Gasteiger partial charge in [0.15, 0.2) is 6.20 Å². The number of nitrogens with zero attached hydrogens (tertiary/aromatic N) is 2. The number of carbonyl (C=O) groups excluding carboxylic acids is 1. The summed E-state index contributed by atoms with van der Waals surface area (Å²) in [6.07, 6.45) is 2.78. The van der Waals surface area contributed by atoms with Crippen molar-refractivity contribution in [2.75, 3.05) is 13.7 Å². The molecule has 0 saturated heterocycles. The molecular weight excluding hydrogens is 260 g/mol. The van der Waals surface area contributed by atoms with Crippen LogP contribution in [0.5, 0.6) is 5.88 Å². The molecule has 0 aliphatic heterocycles. The summed E-state index contributed by atoms with van der Waals surface area (Å²) in [7, 11) is 1.51. The molecule has 2 aromatic heterocycles. The van der Waals surface area contributed by atoms with Crippen molar-refractivity contribution in [2.45, 2.75) is 6.92 Å². The number of rotatable bonds is 4. The lowest BCUT2D eigenvalue weighted by atomic mass is 10.1. The second kappa shape index (κ2) is 6.01. The highest BCUT2D eigenvalue weighted by Gasteiger charge is 2.15. The summed E-state index contributed by atoms with van der Waals surface area (Å²) >= 11 is 0. The smallest absolute Gasteiger partial charge is 0.338 e. The molecule has 104 valence electrons. The monoisotopic (exact) mass is 274 g/mol. The highest BCUT2D eigenvalue weighted by Crippen LogP contribution is 2.18. The summed E-state index contributed by atoms with van der Waals surface area (Å²) in [5.41, 5.74) is 1.24. The second-order valence-corrected chi connectivity index (χ2v) is 3.94. The first-order valence-corrected chi connectivity index (χ1v) is 6.06. The van der Waals surface area contributed by atoms with Gasteiger partial charge in [0.2, 0.25) is 11.6 Å². The minimum Gasteiger partial charge on any atom is -0.618 e. The van der Waals surface area contributed by atoms with Gasteiger partial charge in [-0.25, -0.2) is 9.78 Å². The predicted octanol–water partition coefficient (Wildman–Crippen LogP) is 1.57. The van der Waals surface area contributed by atoms with E-state index in [9.17, 15) is 10.0 Å². The van der Waals surface area contributed by atoms with E-state index in [0.717, 1.165) is 0 Å². The van der Waals surface area contributed by atoms with Gasteiger partial charge in [0.05, 0.1) is 24.8 Å². The molecule has 0 unspecified atom stereocenters. The maximum atomic E-state index is 11.8. The van der Waals surface area contributed by atoms with E-state index in [1.807, 2.05) is 0 Å². The molecule has 0 N–H and O–H groups in total. The summed E-state index contributed by atoms with van der Waals surface area (Å²) < 4.78 is 10.5. The maximum absolute atomic E-state index is 11.8. The average molecular weight is 274 g/mol. The van der Waals surface area contributed by atoms with Crippen LogP contribution < -0.4 is 9.47 Å². The summed E-state index contributed by atoms with van der Waals surface area (Å²) in [6.45, 7) is 2.01. The van der Waals surface area contributed by atoms with Crippen molar-refractivity contribution >= 4 is 5.97 Å². The second-order valence-electron chi connectivity index (χ2n) is 3.94. The quantitative estimate of drug-likeness (QED) is 0.480. The van der Waals surface area contributed by atoms with Gasteiger partial charge in [-0.05, 0) is 13.0 Å². The molecule has 0 aliphatic carbocycles. The van der Waals surface area contributed by atoms with Gasteiger partial charge in [0.1, 0.15) is 0 Å². The zero-order valence-electron chi connectivity index (χ0n) is 11.2. The molecule has 0 aliphatic rings. The van der Waals surface area contributed by atoms with Crippen LogP contribution in [0.15, 0.2) is 36.7 Å². The van der Waals surface area contributed by atoms with Gasteiger partial charge in [-0.1, -0.05) is 0 Å².